The smallest absolute Gasteiger partial charge is 0.228 e. The molecule has 2 rings (SSSR count). The summed E-state index contributed by atoms with van der Waals surface area (Å²) in [5.41, 5.74) is 5.68. The van der Waals surface area contributed by atoms with Gasteiger partial charge in [0.15, 0.2) is 0 Å². The standard InChI is InChI=1S/C11H13BrN4S/c1-16(5-4-8-3-2-6-17-8)11-14-9(12)7-10(13)15-11/h2-3,6-7H,4-5H2,1H3,(H2,13,14,15). The van der Waals surface area contributed by atoms with E-state index in [-0.39, 0.29) is 0 Å². The summed E-state index contributed by atoms with van der Waals surface area (Å²) in [5, 5.41) is 2.09. The van der Waals surface area contributed by atoms with E-state index in [9.17, 15) is 0 Å². The van der Waals surface area contributed by atoms with Gasteiger partial charge in [0.1, 0.15) is 10.4 Å². The second kappa shape index (κ2) is 5.46. The van der Waals surface area contributed by atoms with Crippen LogP contribution in [0.5, 0.6) is 0 Å². The maximum Gasteiger partial charge on any atom is 0.228 e. The molecule has 0 unspecified atom stereocenters. The van der Waals surface area contributed by atoms with Gasteiger partial charge in [0.2, 0.25) is 5.95 Å². The van der Waals surface area contributed by atoms with Crippen molar-refractivity contribution in [2.24, 2.45) is 0 Å². The molecule has 2 aromatic rings. The van der Waals surface area contributed by atoms with Gasteiger partial charge in [-0.05, 0) is 33.8 Å². The van der Waals surface area contributed by atoms with Crippen molar-refractivity contribution < 1.29 is 0 Å². The molecule has 6 heteroatoms. The van der Waals surface area contributed by atoms with Crippen molar-refractivity contribution in [2.45, 2.75) is 6.42 Å². The summed E-state index contributed by atoms with van der Waals surface area (Å²) < 4.78 is 0.711. The molecule has 90 valence electrons. The minimum Gasteiger partial charge on any atom is -0.383 e. The first-order valence-corrected chi connectivity index (χ1v) is 6.86. The molecule has 0 aliphatic carbocycles. The Morgan fingerprint density at radius 3 is 2.94 bits per heavy atom. The molecule has 0 spiro atoms. The van der Waals surface area contributed by atoms with Gasteiger partial charge in [-0.25, -0.2) is 4.98 Å². The minimum absolute atomic E-state index is 0.477. The maximum absolute atomic E-state index is 5.68. The largest absolute Gasteiger partial charge is 0.383 e. The van der Waals surface area contributed by atoms with Crippen molar-refractivity contribution in [3.8, 4) is 0 Å². The number of nitrogens with two attached hydrogens (primary N) is 1. The molecule has 0 saturated heterocycles. The van der Waals surface area contributed by atoms with Crippen LogP contribution in [0.4, 0.5) is 11.8 Å². The van der Waals surface area contributed by atoms with Crippen molar-refractivity contribution in [1.82, 2.24) is 9.97 Å². The molecule has 2 aromatic heterocycles. The maximum atomic E-state index is 5.68. The molecule has 0 amide bonds. The monoisotopic (exact) mass is 312 g/mol. The average molecular weight is 313 g/mol. The highest BCUT2D eigenvalue weighted by atomic mass is 79.9. The van der Waals surface area contributed by atoms with Crippen LogP contribution in [0.3, 0.4) is 0 Å². The summed E-state index contributed by atoms with van der Waals surface area (Å²) in [6.45, 7) is 0.871. The van der Waals surface area contributed by atoms with E-state index in [1.807, 2.05) is 11.9 Å². The Labute approximate surface area is 113 Å². The Bertz CT molecular complexity index is 466. The fraction of sp³-hybridized carbons (Fsp3) is 0.273. The van der Waals surface area contributed by atoms with E-state index in [1.54, 1.807) is 17.4 Å². The topological polar surface area (TPSA) is 55.0 Å². The number of nitrogens with zero attached hydrogens (tertiary/aromatic N) is 3. The summed E-state index contributed by atoms with van der Waals surface area (Å²) in [6, 6.07) is 5.89. The molecule has 2 N–H and O–H groups in total. The average Bonchev–Trinajstić information content (AvgIpc) is 2.77. The van der Waals surface area contributed by atoms with Crippen LogP contribution in [0.15, 0.2) is 28.2 Å². The molecule has 0 aromatic carbocycles. The molecule has 0 fully saturated rings. The molecule has 2 heterocycles. The lowest BCUT2D eigenvalue weighted by atomic mass is 10.3. The van der Waals surface area contributed by atoms with Crippen LogP contribution in [0.25, 0.3) is 0 Å². The van der Waals surface area contributed by atoms with E-state index in [2.05, 4.69) is 43.4 Å². The predicted molar refractivity (Wildman–Crippen MR) is 75.4 cm³/mol. The summed E-state index contributed by atoms with van der Waals surface area (Å²) in [7, 11) is 1.97. The zero-order valence-electron chi connectivity index (χ0n) is 9.43. The molecule has 0 saturated carbocycles. The van der Waals surface area contributed by atoms with Crippen LogP contribution >= 0.6 is 27.3 Å². The van der Waals surface area contributed by atoms with Crippen molar-refractivity contribution >= 4 is 39.0 Å². The number of anilines is 2. The Kier molecular flexibility index (Phi) is 3.96. The molecule has 0 aliphatic heterocycles. The van der Waals surface area contributed by atoms with Crippen LogP contribution in [0.1, 0.15) is 4.88 Å². The SMILES string of the molecule is CN(CCc1cccs1)c1nc(N)cc(Br)n1. The molecule has 0 bridgehead atoms. The highest BCUT2D eigenvalue weighted by Gasteiger charge is 2.07. The van der Waals surface area contributed by atoms with E-state index in [0.29, 0.717) is 16.4 Å². The highest BCUT2D eigenvalue weighted by molar-refractivity contribution is 9.10. The van der Waals surface area contributed by atoms with Crippen molar-refractivity contribution in [2.75, 3.05) is 24.2 Å². The number of aromatic nitrogens is 2. The highest BCUT2D eigenvalue weighted by Crippen LogP contribution is 2.16. The number of rotatable bonds is 4. The number of hydrogen-bond acceptors (Lipinski definition) is 5. The van der Waals surface area contributed by atoms with E-state index in [1.165, 1.54) is 4.88 Å². The van der Waals surface area contributed by atoms with Crippen LogP contribution in [0.2, 0.25) is 0 Å². The molecular formula is C11H13BrN4S. The number of likely N-dealkylation sites (N-methyl/N-ethyl adjacent to an activating group) is 1. The van der Waals surface area contributed by atoms with Crippen molar-refractivity contribution in [3.05, 3.63) is 33.1 Å². The van der Waals surface area contributed by atoms with Crippen LogP contribution in [0, 0.1) is 0 Å². The lowest BCUT2D eigenvalue weighted by molar-refractivity contribution is 0.844. The van der Waals surface area contributed by atoms with Gasteiger partial charge in [0.25, 0.3) is 0 Å². The van der Waals surface area contributed by atoms with Gasteiger partial charge < -0.3 is 10.6 Å². The first-order valence-electron chi connectivity index (χ1n) is 5.19. The fourth-order valence-electron chi connectivity index (χ4n) is 1.43. The summed E-state index contributed by atoms with van der Waals surface area (Å²) in [5.74, 6) is 1.12. The Morgan fingerprint density at radius 1 is 1.47 bits per heavy atom. The van der Waals surface area contributed by atoms with Crippen LogP contribution < -0.4 is 10.6 Å². The summed E-state index contributed by atoms with van der Waals surface area (Å²) in [6.07, 6.45) is 0.990. The predicted octanol–water partition coefficient (Wildman–Crippen LogP) is 2.56. The van der Waals surface area contributed by atoms with Gasteiger partial charge in [-0.3, -0.25) is 0 Å². The molecular weight excluding hydrogens is 300 g/mol. The quantitative estimate of drug-likeness (QED) is 0.882. The van der Waals surface area contributed by atoms with Gasteiger partial charge >= 0.3 is 0 Å². The fourth-order valence-corrected chi connectivity index (χ4v) is 2.52. The molecule has 0 aliphatic rings. The summed E-state index contributed by atoms with van der Waals surface area (Å²) >= 11 is 5.08. The minimum atomic E-state index is 0.477. The first-order chi connectivity index (χ1) is 8.15. The summed E-state index contributed by atoms with van der Waals surface area (Å²) in [4.78, 5) is 11.9. The van der Waals surface area contributed by atoms with Crippen molar-refractivity contribution in [3.63, 3.8) is 0 Å². The number of thiophene rings is 1. The van der Waals surface area contributed by atoms with E-state index in [0.717, 1.165) is 13.0 Å². The Morgan fingerprint density at radius 2 is 2.29 bits per heavy atom. The van der Waals surface area contributed by atoms with E-state index in [4.69, 9.17) is 5.73 Å². The first kappa shape index (κ1) is 12.3. The van der Waals surface area contributed by atoms with Gasteiger partial charge in [0, 0.05) is 24.5 Å². The second-order valence-electron chi connectivity index (χ2n) is 3.67. The second-order valence-corrected chi connectivity index (χ2v) is 5.51. The molecule has 0 atom stereocenters. The third-order valence-electron chi connectivity index (χ3n) is 2.32. The van der Waals surface area contributed by atoms with Crippen LogP contribution in [-0.2, 0) is 6.42 Å². The van der Waals surface area contributed by atoms with Gasteiger partial charge in [-0.2, -0.15) is 4.98 Å². The van der Waals surface area contributed by atoms with Gasteiger partial charge in [0.05, 0.1) is 0 Å². The number of hydrogen-bond donors (Lipinski definition) is 1. The molecule has 4 nitrogen and oxygen atoms in total. The van der Waals surface area contributed by atoms with E-state index >= 15 is 0 Å². The normalized spacial score (nSPS) is 10.5. The van der Waals surface area contributed by atoms with E-state index < -0.39 is 0 Å². The van der Waals surface area contributed by atoms with Gasteiger partial charge in [-0.1, -0.05) is 6.07 Å². The third kappa shape index (κ3) is 3.41. The van der Waals surface area contributed by atoms with Crippen molar-refractivity contribution in [1.29, 1.82) is 0 Å². The Balaban J connectivity index is 2.01. The zero-order chi connectivity index (χ0) is 12.3. The molecule has 17 heavy (non-hydrogen) atoms. The third-order valence-corrected chi connectivity index (χ3v) is 3.66. The zero-order valence-corrected chi connectivity index (χ0v) is 11.8. The lowest BCUT2D eigenvalue weighted by Crippen LogP contribution is -2.22. The van der Waals surface area contributed by atoms with Gasteiger partial charge in [-0.15, -0.1) is 11.3 Å². The lowest BCUT2D eigenvalue weighted by Gasteiger charge is -2.16. The molecule has 0 radical (unpaired) electrons. The number of nitrogen functional groups attached to an aromatic ring is 1. The number of halogens is 1. The van der Waals surface area contributed by atoms with Crippen LogP contribution in [-0.4, -0.2) is 23.6 Å². The Hall–Kier alpha value is -1.14.